The van der Waals surface area contributed by atoms with E-state index in [1.54, 1.807) is 13.8 Å². The van der Waals surface area contributed by atoms with Gasteiger partial charge in [0.15, 0.2) is 0 Å². The molecular weight excluding hydrogens is 350 g/mol. The number of esters is 3. The highest BCUT2D eigenvalue weighted by atomic mass is 16.5. The molecule has 2 rings (SSSR count). The number of aryl methyl sites for hydroxylation is 1. The van der Waals surface area contributed by atoms with Gasteiger partial charge in [0.25, 0.3) is 0 Å². The third-order valence-electron chi connectivity index (χ3n) is 4.41. The molecular formula is C20H23NO6. The lowest BCUT2D eigenvalue weighted by Crippen LogP contribution is -2.42. The highest BCUT2D eigenvalue weighted by molar-refractivity contribution is 6.10. The first-order valence-corrected chi connectivity index (χ1v) is 8.44. The molecule has 0 N–H and O–H groups in total. The quantitative estimate of drug-likeness (QED) is 0.581. The van der Waals surface area contributed by atoms with E-state index in [0.717, 1.165) is 11.1 Å². The van der Waals surface area contributed by atoms with Crippen LogP contribution in [0.25, 0.3) is 0 Å². The van der Waals surface area contributed by atoms with Crippen molar-refractivity contribution in [1.82, 2.24) is 0 Å². The lowest BCUT2D eigenvalue weighted by molar-refractivity contribution is -0.157. The number of hydrogen-bond donors (Lipinski definition) is 0. The third-order valence-corrected chi connectivity index (χ3v) is 4.41. The molecule has 0 spiro atoms. The molecule has 2 atom stereocenters. The number of ether oxygens (including phenoxy) is 3. The molecule has 1 aromatic carbocycles. The van der Waals surface area contributed by atoms with E-state index in [0.29, 0.717) is 11.4 Å². The number of carbonyl (C=O) groups is 3. The van der Waals surface area contributed by atoms with Crippen molar-refractivity contribution in [2.45, 2.75) is 27.4 Å². The Morgan fingerprint density at radius 3 is 2.30 bits per heavy atom. The summed E-state index contributed by atoms with van der Waals surface area (Å²) in [6, 6.07) is 7.51. The fourth-order valence-electron chi connectivity index (χ4n) is 3.15. The summed E-state index contributed by atoms with van der Waals surface area (Å²) in [6.07, 6.45) is 0. The first-order chi connectivity index (χ1) is 12.8. The molecule has 144 valence electrons. The Morgan fingerprint density at radius 1 is 1.00 bits per heavy atom. The number of rotatable bonds is 5. The number of carbonyl (C=O) groups excluding carboxylic acids is 3. The van der Waals surface area contributed by atoms with Crippen LogP contribution >= 0.6 is 0 Å². The summed E-state index contributed by atoms with van der Waals surface area (Å²) in [6.45, 7) is 5.15. The molecule has 7 nitrogen and oxygen atoms in total. The highest BCUT2D eigenvalue weighted by Crippen LogP contribution is 2.33. The number of nitrogens with zero attached hydrogens (tertiary/aromatic N) is 1. The van der Waals surface area contributed by atoms with Gasteiger partial charge >= 0.3 is 17.9 Å². The highest BCUT2D eigenvalue weighted by Gasteiger charge is 2.46. The van der Waals surface area contributed by atoms with Gasteiger partial charge in [-0.25, -0.2) is 4.79 Å². The standard InChI is InChI=1S/C20H23NO6/c1-11-7-6-8-14(9-11)10-27-20(24)17-15(18(22)25-4)12(2)21-13(3)16(17)19(23)26-5/h6-9,15,17H,10H2,1-5H3/t15?,17-/m1/s1. The minimum absolute atomic E-state index is 0.00717. The Labute approximate surface area is 158 Å². The second-order valence-electron chi connectivity index (χ2n) is 6.32. The summed E-state index contributed by atoms with van der Waals surface area (Å²) in [7, 11) is 2.42. The van der Waals surface area contributed by atoms with E-state index in [4.69, 9.17) is 14.2 Å². The van der Waals surface area contributed by atoms with Crippen molar-refractivity contribution in [3.8, 4) is 0 Å². The third kappa shape index (κ3) is 4.42. The summed E-state index contributed by atoms with van der Waals surface area (Å²) in [4.78, 5) is 41.7. The van der Waals surface area contributed by atoms with Gasteiger partial charge in [-0.2, -0.15) is 0 Å². The zero-order valence-corrected chi connectivity index (χ0v) is 16.1. The van der Waals surface area contributed by atoms with Gasteiger partial charge in [-0.15, -0.1) is 0 Å². The monoisotopic (exact) mass is 373 g/mol. The number of methoxy groups -OCH3 is 2. The predicted octanol–water partition coefficient (Wildman–Crippen LogP) is 2.37. The number of allylic oxidation sites excluding steroid dienone is 1. The lowest BCUT2D eigenvalue weighted by atomic mass is 9.80. The van der Waals surface area contributed by atoms with Crippen LogP contribution in [0, 0.1) is 18.8 Å². The van der Waals surface area contributed by atoms with Gasteiger partial charge in [0.1, 0.15) is 18.4 Å². The summed E-state index contributed by atoms with van der Waals surface area (Å²) in [5.41, 5.74) is 2.54. The van der Waals surface area contributed by atoms with Crippen molar-refractivity contribution in [1.29, 1.82) is 0 Å². The Balaban J connectivity index is 2.36. The lowest BCUT2D eigenvalue weighted by Gasteiger charge is -2.29. The van der Waals surface area contributed by atoms with Gasteiger partial charge in [-0.1, -0.05) is 29.8 Å². The first kappa shape index (κ1) is 20.4. The molecule has 0 bridgehead atoms. The van der Waals surface area contributed by atoms with Crippen LogP contribution in [-0.2, 0) is 35.2 Å². The number of aliphatic imine (C=N–C) groups is 1. The second kappa shape index (κ2) is 8.62. The maximum atomic E-state index is 12.9. The van der Waals surface area contributed by atoms with Gasteiger partial charge < -0.3 is 14.2 Å². The molecule has 1 aliphatic rings. The first-order valence-electron chi connectivity index (χ1n) is 8.44. The minimum Gasteiger partial charge on any atom is -0.468 e. The largest absolute Gasteiger partial charge is 0.468 e. The second-order valence-corrected chi connectivity index (χ2v) is 6.32. The van der Waals surface area contributed by atoms with Crippen LogP contribution in [0.3, 0.4) is 0 Å². The van der Waals surface area contributed by atoms with E-state index in [1.165, 1.54) is 14.2 Å². The SMILES string of the molecule is COC(=O)C1=C(C)N=C(C)C(C(=O)OC)[C@H]1C(=O)OCc1cccc(C)c1. The van der Waals surface area contributed by atoms with E-state index in [1.807, 2.05) is 31.2 Å². The molecule has 1 heterocycles. The van der Waals surface area contributed by atoms with Gasteiger partial charge in [0.05, 0.1) is 19.8 Å². The Hall–Kier alpha value is -2.96. The van der Waals surface area contributed by atoms with E-state index < -0.39 is 29.7 Å². The van der Waals surface area contributed by atoms with E-state index >= 15 is 0 Å². The van der Waals surface area contributed by atoms with Crippen LogP contribution in [0.4, 0.5) is 0 Å². The summed E-state index contributed by atoms with van der Waals surface area (Å²) in [5, 5.41) is 0. The molecule has 0 saturated carbocycles. The van der Waals surface area contributed by atoms with Gasteiger partial charge in [0.2, 0.25) is 0 Å². The van der Waals surface area contributed by atoms with Crippen molar-refractivity contribution in [3.63, 3.8) is 0 Å². The Kier molecular flexibility index (Phi) is 6.50. The van der Waals surface area contributed by atoms with Crippen molar-refractivity contribution >= 4 is 23.6 Å². The predicted molar refractivity (Wildman–Crippen MR) is 97.8 cm³/mol. The zero-order valence-electron chi connectivity index (χ0n) is 16.1. The summed E-state index contributed by atoms with van der Waals surface area (Å²) >= 11 is 0. The summed E-state index contributed by atoms with van der Waals surface area (Å²) in [5.74, 6) is -4.32. The molecule has 0 amide bonds. The minimum atomic E-state index is -1.17. The maximum absolute atomic E-state index is 12.9. The average molecular weight is 373 g/mol. The Bertz CT molecular complexity index is 824. The van der Waals surface area contributed by atoms with Crippen LogP contribution in [0.5, 0.6) is 0 Å². The van der Waals surface area contributed by atoms with Crippen LogP contribution in [0.15, 0.2) is 40.5 Å². The molecule has 1 aliphatic heterocycles. The topological polar surface area (TPSA) is 91.3 Å². The molecule has 1 aromatic rings. The number of benzene rings is 1. The van der Waals surface area contributed by atoms with Crippen molar-refractivity contribution < 1.29 is 28.6 Å². The molecule has 0 aromatic heterocycles. The van der Waals surface area contributed by atoms with Crippen LogP contribution in [-0.4, -0.2) is 37.8 Å². The van der Waals surface area contributed by atoms with Crippen molar-refractivity contribution in [3.05, 3.63) is 46.7 Å². The summed E-state index contributed by atoms with van der Waals surface area (Å²) < 4.78 is 15.0. The molecule has 7 heteroatoms. The van der Waals surface area contributed by atoms with Gasteiger partial charge in [0, 0.05) is 11.4 Å². The molecule has 0 saturated heterocycles. The zero-order chi connectivity index (χ0) is 20.1. The van der Waals surface area contributed by atoms with E-state index in [-0.39, 0.29) is 12.2 Å². The van der Waals surface area contributed by atoms with Gasteiger partial charge in [-0.05, 0) is 26.3 Å². The van der Waals surface area contributed by atoms with Crippen molar-refractivity contribution in [2.24, 2.45) is 16.8 Å². The number of hydrogen-bond acceptors (Lipinski definition) is 7. The van der Waals surface area contributed by atoms with E-state index in [9.17, 15) is 14.4 Å². The molecule has 0 radical (unpaired) electrons. The van der Waals surface area contributed by atoms with Crippen LogP contribution < -0.4 is 0 Å². The molecule has 1 unspecified atom stereocenters. The maximum Gasteiger partial charge on any atom is 0.336 e. The van der Waals surface area contributed by atoms with Crippen LogP contribution in [0.1, 0.15) is 25.0 Å². The van der Waals surface area contributed by atoms with E-state index in [2.05, 4.69) is 4.99 Å². The molecule has 0 aliphatic carbocycles. The smallest absolute Gasteiger partial charge is 0.336 e. The fourth-order valence-corrected chi connectivity index (χ4v) is 3.15. The average Bonchev–Trinajstić information content (AvgIpc) is 2.64. The van der Waals surface area contributed by atoms with Gasteiger partial charge in [-0.3, -0.25) is 14.6 Å². The van der Waals surface area contributed by atoms with Crippen LogP contribution in [0.2, 0.25) is 0 Å². The molecule has 0 fully saturated rings. The Morgan fingerprint density at radius 2 is 1.70 bits per heavy atom. The van der Waals surface area contributed by atoms with Crippen molar-refractivity contribution in [2.75, 3.05) is 14.2 Å². The molecule has 27 heavy (non-hydrogen) atoms. The fraction of sp³-hybridized carbons (Fsp3) is 0.400. The normalized spacial score (nSPS) is 19.2.